The summed E-state index contributed by atoms with van der Waals surface area (Å²) in [6.07, 6.45) is 0.506. The molecule has 0 saturated carbocycles. The van der Waals surface area contributed by atoms with E-state index >= 15 is 0 Å². The third-order valence-corrected chi connectivity index (χ3v) is 7.70. The summed E-state index contributed by atoms with van der Waals surface area (Å²) < 4.78 is 23.2. The van der Waals surface area contributed by atoms with Crippen LogP contribution in [-0.2, 0) is 14.6 Å². The standard InChI is InChI=1S/C20H23NO3S2/c1-15(20(22)21-18-12-13-26(23,24)14-18)25-19(16-8-4-2-5-9-16)17-10-6-3-7-11-17/h2-11,15,18-19H,12-14H2,1H3,(H,21,22)/t15-,18-/m1/s1. The summed E-state index contributed by atoms with van der Waals surface area (Å²) in [6, 6.07) is 20.0. The SMILES string of the molecule is C[C@@H](SC(c1ccccc1)c1ccccc1)C(=O)N[C@@H]1CCS(=O)(=O)C1. The fourth-order valence-corrected chi connectivity index (χ4v) is 6.00. The molecule has 0 bridgehead atoms. The molecule has 4 nitrogen and oxygen atoms in total. The van der Waals surface area contributed by atoms with Crippen molar-refractivity contribution >= 4 is 27.5 Å². The van der Waals surface area contributed by atoms with Gasteiger partial charge < -0.3 is 5.32 Å². The molecule has 1 saturated heterocycles. The average molecular weight is 390 g/mol. The Morgan fingerprint density at radius 1 is 1.04 bits per heavy atom. The zero-order chi connectivity index (χ0) is 18.6. The number of hydrogen-bond acceptors (Lipinski definition) is 4. The maximum Gasteiger partial charge on any atom is 0.233 e. The van der Waals surface area contributed by atoms with Crippen LogP contribution in [0.4, 0.5) is 0 Å². The summed E-state index contributed by atoms with van der Waals surface area (Å²) in [4.78, 5) is 12.6. The minimum Gasteiger partial charge on any atom is -0.351 e. The molecule has 138 valence electrons. The van der Waals surface area contributed by atoms with Crippen molar-refractivity contribution in [1.82, 2.24) is 5.32 Å². The van der Waals surface area contributed by atoms with Crippen LogP contribution in [0.15, 0.2) is 60.7 Å². The molecule has 1 N–H and O–H groups in total. The fourth-order valence-electron chi connectivity index (χ4n) is 3.10. The van der Waals surface area contributed by atoms with Crippen molar-refractivity contribution < 1.29 is 13.2 Å². The second kappa shape index (κ2) is 8.27. The van der Waals surface area contributed by atoms with Crippen LogP contribution in [0.1, 0.15) is 29.7 Å². The van der Waals surface area contributed by atoms with Crippen LogP contribution in [0.25, 0.3) is 0 Å². The van der Waals surface area contributed by atoms with E-state index in [2.05, 4.69) is 29.6 Å². The Kier molecular flexibility index (Phi) is 6.04. The average Bonchev–Trinajstić information content (AvgIpc) is 2.99. The molecular weight excluding hydrogens is 366 g/mol. The Morgan fingerprint density at radius 3 is 2.04 bits per heavy atom. The number of thioether (sulfide) groups is 1. The number of amides is 1. The molecule has 1 fully saturated rings. The normalized spacial score (nSPS) is 20.0. The molecule has 26 heavy (non-hydrogen) atoms. The molecule has 0 aliphatic carbocycles. The highest BCUT2D eigenvalue weighted by Crippen LogP contribution is 2.38. The Bertz CT molecular complexity index is 798. The van der Waals surface area contributed by atoms with Crippen molar-refractivity contribution in [3.8, 4) is 0 Å². The Hall–Kier alpha value is -1.79. The van der Waals surface area contributed by atoms with Crippen LogP contribution >= 0.6 is 11.8 Å². The van der Waals surface area contributed by atoms with E-state index in [4.69, 9.17) is 0 Å². The van der Waals surface area contributed by atoms with E-state index in [1.807, 2.05) is 43.3 Å². The first-order valence-electron chi connectivity index (χ1n) is 8.71. The molecule has 0 spiro atoms. The summed E-state index contributed by atoms with van der Waals surface area (Å²) >= 11 is 1.58. The first-order chi connectivity index (χ1) is 12.4. The summed E-state index contributed by atoms with van der Waals surface area (Å²) in [5.74, 6) is 0.113. The summed E-state index contributed by atoms with van der Waals surface area (Å²) in [5, 5.41) is 2.66. The second-order valence-corrected chi connectivity index (χ2v) is 10.3. The van der Waals surface area contributed by atoms with E-state index in [0.717, 1.165) is 11.1 Å². The molecule has 2 aromatic carbocycles. The van der Waals surface area contributed by atoms with Gasteiger partial charge in [0, 0.05) is 6.04 Å². The predicted molar refractivity (Wildman–Crippen MR) is 107 cm³/mol. The minimum atomic E-state index is -3.00. The van der Waals surface area contributed by atoms with Gasteiger partial charge in [-0.2, -0.15) is 0 Å². The van der Waals surface area contributed by atoms with E-state index in [1.54, 1.807) is 11.8 Å². The molecule has 3 rings (SSSR count). The maximum absolute atomic E-state index is 12.6. The number of benzene rings is 2. The quantitative estimate of drug-likeness (QED) is 0.824. The van der Waals surface area contributed by atoms with Gasteiger partial charge in [-0.05, 0) is 24.5 Å². The van der Waals surface area contributed by atoms with Crippen molar-refractivity contribution in [2.24, 2.45) is 0 Å². The number of carbonyl (C=O) groups excluding carboxylic acids is 1. The van der Waals surface area contributed by atoms with E-state index in [-0.39, 0.29) is 34.0 Å². The van der Waals surface area contributed by atoms with Crippen molar-refractivity contribution in [1.29, 1.82) is 0 Å². The molecule has 1 amide bonds. The van der Waals surface area contributed by atoms with Gasteiger partial charge in [0.15, 0.2) is 9.84 Å². The van der Waals surface area contributed by atoms with Crippen molar-refractivity contribution in [2.75, 3.05) is 11.5 Å². The molecule has 2 aromatic rings. The first kappa shape index (κ1) is 19.0. The lowest BCUT2D eigenvalue weighted by molar-refractivity contribution is -0.120. The van der Waals surface area contributed by atoms with Crippen molar-refractivity contribution in [3.63, 3.8) is 0 Å². The third-order valence-electron chi connectivity index (χ3n) is 4.49. The topological polar surface area (TPSA) is 63.2 Å². The number of sulfone groups is 1. The molecular formula is C20H23NO3S2. The number of hydrogen-bond donors (Lipinski definition) is 1. The number of carbonyl (C=O) groups is 1. The zero-order valence-corrected chi connectivity index (χ0v) is 16.3. The van der Waals surface area contributed by atoms with Crippen LogP contribution in [-0.4, -0.2) is 37.1 Å². The van der Waals surface area contributed by atoms with Crippen molar-refractivity contribution in [3.05, 3.63) is 71.8 Å². The second-order valence-electron chi connectivity index (χ2n) is 6.59. The zero-order valence-electron chi connectivity index (χ0n) is 14.7. The first-order valence-corrected chi connectivity index (χ1v) is 11.5. The van der Waals surface area contributed by atoms with Gasteiger partial charge in [-0.15, -0.1) is 11.8 Å². The molecule has 1 heterocycles. The lowest BCUT2D eigenvalue weighted by atomic mass is 10.0. The van der Waals surface area contributed by atoms with E-state index in [9.17, 15) is 13.2 Å². The fraction of sp³-hybridized carbons (Fsp3) is 0.350. The minimum absolute atomic E-state index is 0.0467. The van der Waals surface area contributed by atoms with Gasteiger partial charge in [-0.25, -0.2) is 8.42 Å². The maximum atomic E-state index is 12.6. The van der Waals surface area contributed by atoms with Crippen LogP contribution in [0.3, 0.4) is 0 Å². The van der Waals surface area contributed by atoms with Gasteiger partial charge >= 0.3 is 0 Å². The summed E-state index contributed by atoms with van der Waals surface area (Å²) in [7, 11) is -3.00. The molecule has 2 atom stereocenters. The monoisotopic (exact) mass is 389 g/mol. The molecule has 0 unspecified atom stereocenters. The Balaban J connectivity index is 1.71. The summed E-state index contributed by atoms with van der Waals surface area (Å²) in [5.41, 5.74) is 2.29. The van der Waals surface area contributed by atoms with Gasteiger partial charge in [0.1, 0.15) is 0 Å². The molecule has 0 radical (unpaired) electrons. The van der Waals surface area contributed by atoms with Crippen LogP contribution in [0, 0.1) is 0 Å². The van der Waals surface area contributed by atoms with Crippen molar-refractivity contribution in [2.45, 2.75) is 29.9 Å². The van der Waals surface area contributed by atoms with Gasteiger partial charge in [-0.1, -0.05) is 60.7 Å². The van der Waals surface area contributed by atoms with Gasteiger partial charge in [0.25, 0.3) is 0 Å². The smallest absolute Gasteiger partial charge is 0.233 e. The Labute approximate surface area is 159 Å². The molecule has 0 aromatic heterocycles. The van der Waals surface area contributed by atoms with Gasteiger partial charge in [0.2, 0.25) is 5.91 Å². The number of rotatable bonds is 6. The molecule has 1 aliphatic heterocycles. The highest BCUT2D eigenvalue weighted by Gasteiger charge is 2.31. The van der Waals surface area contributed by atoms with Crippen LogP contribution in [0.2, 0.25) is 0 Å². The highest BCUT2D eigenvalue weighted by atomic mass is 32.2. The van der Waals surface area contributed by atoms with Crippen LogP contribution in [0.5, 0.6) is 0 Å². The molecule has 6 heteroatoms. The van der Waals surface area contributed by atoms with E-state index < -0.39 is 9.84 Å². The lowest BCUT2D eigenvalue weighted by Gasteiger charge is -2.22. The third kappa shape index (κ3) is 4.89. The van der Waals surface area contributed by atoms with E-state index in [1.165, 1.54) is 0 Å². The van der Waals surface area contributed by atoms with E-state index in [0.29, 0.717) is 6.42 Å². The number of nitrogens with one attached hydrogen (secondary N) is 1. The molecule has 1 aliphatic rings. The Morgan fingerprint density at radius 2 is 1.58 bits per heavy atom. The van der Waals surface area contributed by atoms with Gasteiger partial charge in [-0.3, -0.25) is 4.79 Å². The lowest BCUT2D eigenvalue weighted by Crippen LogP contribution is -2.40. The highest BCUT2D eigenvalue weighted by molar-refractivity contribution is 8.01. The summed E-state index contributed by atoms with van der Waals surface area (Å²) in [6.45, 7) is 1.88. The van der Waals surface area contributed by atoms with Crippen LogP contribution < -0.4 is 5.32 Å². The largest absolute Gasteiger partial charge is 0.351 e. The van der Waals surface area contributed by atoms with Gasteiger partial charge in [0.05, 0.1) is 22.0 Å². The predicted octanol–water partition coefficient (Wildman–Crippen LogP) is 3.20.